The van der Waals surface area contributed by atoms with Crippen LogP contribution in [0, 0.1) is 5.92 Å². The minimum atomic E-state index is 0.0767. The normalized spacial score (nSPS) is 15.0. The smallest absolute Gasteiger partial charge is 0.120 e. The molecule has 0 fully saturated rings. The van der Waals surface area contributed by atoms with Crippen molar-refractivity contribution in [1.29, 1.82) is 0 Å². The Bertz CT molecular complexity index is 189. The summed E-state index contributed by atoms with van der Waals surface area (Å²) in [6.07, 6.45) is 4.76. The second-order valence-corrected chi connectivity index (χ2v) is 2.76. The van der Waals surface area contributed by atoms with E-state index in [0.717, 1.165) is 19.0 Å². The summed E-state index contributed by atoms with van der Waals surface area (Å²) in [5, 5.41) is 0.575. The van der Waals surface area contributed by atoms with Crippen molar-refractivity contribution in [2.24, 2.45) is 16.6 Å². The fourth-order valence-corrected chi connectivity index (χ4v) is 1.11. The lowest BCUT2D eigenvalue weighted by Gasteiger charge is -2.08. The van der Waals surface area contributed by atoms with Crippen LogP contribution in [0.15, 0.2) is 16.2 Å². The molecule has 0 bridgehead atoms. The van der Waals surface area contributed by atoms with Crippen LogP contribution in [0.5, 0.6) is 0 Å². The zero-order chi connectivity index (χ0) is 9.40. The molecule has 12 heavy (non-hydrogen) atoms. The highest BCUT2D eigenvalue weighted by Gasteiger charge is 2.08. The predicted octanol–water partition coefficient (Wildman–Crippen LogP) is 1.67. The van der Waals surface area contributed by atoms with Crippen LogP contribution >= 0.6 is 11.6 Å². The number of hydrogen-bond acceptors (Lipinski definition) is 2. The Labute approximate surface area is 77.3 Å². The van der Waals surface area contributed by atoms with Gasteiger partial charge in [-0.25, -0.2) is 4.99 Å². The number of allylic oxidation sites excluding steroid dienone is 1. The first-order valence-corrected chi connectivity index (χ1v) is 4.16. The van der Waals surface area contributed by atoms with E-state index in [1.807, 2.05) is 6.92 Å². The molecule has 0 unspecified atom stereocenters. The quantitative estimate of drug-likeness (QED) is 0.405. The molecule has 0 aliphatic heterocycles. The van der Waals surface area contributed by atoms with Crippen LogP contribution in [-0.4, -0.2) is 12.6 Å². The number of carbonyl (C=O) groups is 1. The fourth-order valence-electron chi connectivity index (χ4n) is 0.810. The van der Waals surface area contributed by atoms with Gasteiger partial charge in [-0.05, 0) is 6.42 Å². The third-order valence-corrected chi connectivity index (χ3v) is 1.95. The summed E-state index contributed by atoms with van der Waals surface area (Å²) < 4.78 is 0. The van der Waals surface area contributed by atoms with Crippen molar-refractivity contribution < 1.29 is 4.79 Å². The molecule has 0 rings (SSSR count). The van der Waals surface area contributed by atoms with Crippen LogP contribution in [0.4, 0.5) is 0 Å². The molecule has 2 N–H and O–H groups in total. The van der Waals surface area contributed by atoms with E-state index < -0.39 is 0 Å². The number of hydrogen-bond donors (Lipinski definition) is 1. The topological polar surface area (TPSA) is 55.5 Å². The van der Waals surface area contributed by atoms with Gasteiger partial charge < -0.3 is 10.5 Å². The Hall–Kier alpha value is -0.830. The predicted molar refractivity (Wildman–Crippen MR) is 51.1 cm³/mol. The minimum Gasteiger partial charge on any atom is -0.390 e. The van der Waals surface area contributed by atoms with Gasteiger partial charge in [0, 0.05) is 23.6 Å². The monoisotopic (exact) mass is 188 g/mol. The van der Waals surface area contributed by atoms with Gasteiger partial charge in [-0.2, -0.15) is 0 Å². The van der Waals surface area contributed by atoms with Crippen LogP contribution in [0.2, 0.25) is 0 Å². The third kappa shape index (κ3) is 4.13. The fraction of sp³-hybridized carbons (Fsp3) is 0.500. The maximum Gasteiger partial charge on any atom is 0.120 e. The number of nitrogens with zero attached hydrogens (tertiary/aromatic N) is 1. The van der Waals surface area contributed by atoms with Gasteiger partial charge in [-0.15, -0.1) is 0 Å². The number of halogens is 1. The van der Waals surface area contributed by atoms with Gasteiger partial charge in [-0.1, -0.05) is 18.5 Å². The molecule has 0 aromatic rings. The highest BCUT2D eigenvalue weighted by atomic mass is 35.5. The lowest BCUT2D eigenvalue weighted by molar-refractivity contribution is -0.108. The van der Waals surface area contributed by atoms with Gasteiger partial charge in [0.2, 0.25) is 0 Å². The molecule has 0 aliphatic carbocycles. The van der Waals surface area contributed by atoms with Crippen LogP contribution in [0.3, 0.4) is 0 Å². The second kappa shape index (κ2) is 6.85. The number of aldehydes is 1. The summed E-state index contributed by atoms with van der Waals surface area (Å²) in [5.74, 6) is 0.0767. The standard InChI is InChI=1S/C8H13ClN2O/c1-2-7(3-4-12)8(9)5-11-6-10/h4-7H,2-3H2,1H3,(H2,10,11)/b8-5+/t7-/m0/s1. The molecule has 0 aromatic carbocycles. The van der Waals surface area contributed by atoms with Crippen LogP contribution in [0.1, 0.15) is 19.8 Å². The van der Waals surface area contributed by atoms with Crippen molar-refractivity contribution in [2.45, 2.75) is 19.8 Å². The second-order valence-electron chi connectivity index (χ2n) is 2.32. The Morgan fingerprint density at radius 1 is 1.75 bits per heavy atom. The molecule has 0 aromatic heterocycles. The summed E-state index contributed by atoms with van der Waals surface area (Å²) in [6, 6.07) is 0. The number of nitrogens with two attached hydrogens (primary N) is 1. The van der Waals surface area contributed by atoms with Crippen molar-refractivity contribution in [2.75, 3.05) is 0 Å². The van der Waals surface area contributed by atoms with E-state index in [1.165, 1.54) is 6.20 Å². The molecule has 0 saturated carbocycles. The van der Waals surface area contributed by atoms with Gasteiger partial charge in [0.15, 0.2) is 0 Å². The van der Waals surface area contributed by atoms with E-state index in [0.29, 0.717) is 11.5 Å². The van der Waals surface area contributed by atoms with E-state index >= 15 is 0 Å². The first-order chi connectivity index (χ1) is 5.76. The first-order valence-electron chi connectivity index (χ1n) is 3.78. The third-order valence-electron chi connectivity index (χ3n) is 1.55. The average Bonchev–Trinajstić information content (AvgIpc) is 2.10. The lowest BCUT2D eigenvalue weighted by Crippen LogP contribution is -1.99. The van der Waals surface area contributed by atoms with Crippen molar-refractivity contribution in [1.82, 2.24) is 0 Å². The molecule has 68 valence electrons. The van der Waals surface area contributed by atoms with E-state index in [-0.39, 0.29) is 5.92 Å². The number of aliphatic imine (C=N–C) groups is 1. The van der Waals surface area contributed by atoms with Crippen LogP contribution in [0.25, 0.3) is 0 Å². The van der Waals surface area contributed by atoms with Crippen LogP contribution in [-0.2, 0) is 4.79 Å². The Morgan fingerprint density at radius 2 is 2.42 bits per heavy atom. The van der Waals surface area contributed by atoms with Crippen molar-refractivity contribution in [3.05, 3.63) is 11.2 Å². The first kappa shape index (κ1) is 11.2. The van der Waals surface area contributed by atoms with Gasteiger partial charge >= 0.3 is 0 Å². The summed E-state index contributed by atoms with van der Waals surface area (Å²) in [6.45, 7) is 1.97. The average molecular weight is 189 g/mol. The van der Waals surface area contributed by atoms with E-state index in [2.05, 4.69) is 4.99 Å². The highest BCUT2D eigenvalue weighted by Crippen LogP contribution is 2.21. The Balaban J connectivity index is 4.18. The zero-order valence-corrected chi connectivity index (χ0v) is 7.79. The van der Waals surface area contributed by atoms with E-state index in [1.54, 1.807) is 0 Å². The molecule has 0 amide bonds. The molecule has 4 heteroatoms. The van der Waals surface area contributed by atoms with Gasteiger partial charge in [0.25, 0.3) is 0 Å². The number of rotatable bonds is 5. The van der Waals surface area contributed by atoms with Crippen LogP contribution < -0.4 is 5.73 Å². The largest absolute Gasteiger partial charge is 0.390 e. The summed E-state index contributed by atoms with van der Waals surface area (Å²) in [5.41, 5.74) is 5.03. The maximum atomic E-state index is 10.2. The molecule has 0 saturated heterocycles. The summed E-state index contributed by atoms with van der Waals surface area (Å²) in [4.78, 5) is 13.9. The van der Waals surface area contributed by atoms with Crippen molar-refractivity contribution in [3.63, 3.8) is 0 Å². The van der Waals surface area contributed by atoms with Crippen molar-refractivity contribution >= 4 is 24.2 Å². The molecule has 0 aliphatic rings. The number of carbonyl (C=O) groups excluding carboxylic acids is 1. The molecule has 1 atom stereocenters. The molecule has 3 nitrogen and oxygen atoms in total. The molecule has 0 radical (unpaired) electrons. The van der Waals surface area contributed by atoms with Gasteiger partial charge in [0.05, 0.1) is 6.34 Å². The maximum absolute atomic E-state index is 10.2. The Kier molecular flexibility index (Phi) is 6.38. The summed E-state index contributed by atoms with van der Waals surface area (Å²) >= 11 is 5.84. The SMILES string of the molecule is CC[C@@H](CC=O)/C(Cl)=C\N=C/N. The molecule has 0 spiro atoms. The lowest BCUT2D eigenvalue weighted by atomic mass is 10.0. The van der Waals surface area contributed by atoms with Gasteiger partial charge in [0.1, 0.15) is 6.29 Å². The highest BCUT2D eigenvalue weighted by molar-refractivity contribution is 6.29. The van der Waals surface area contributed by atoms with E-state index in [9.17, 15) is 4.79 Å². The summed E-state index contributed by atoms with van der Waals surface area (Å²) in [7, 11) is 0. The minimum absolute atomic E-state index is 0.0767. The van der Waals surface area contributed by atoms with E-state index in [4.69, 9.17) is 17.3 Å². The van der Waals surface area contributed by atoms with Gasteiger partial charge in [-0.3, -0.25) is 0 Å². The molecule has 0 heterocycles. The van der Waals surface area contributed by atoms with Crippen molar-refractivity contribution in [3.8, 4) is 0 Å². The molecular formula is C8H13ClN2O. The Morgan fingerprint density at radius 3 is 2.83 bits per heavy atom. The zero-order valence-electron chi connectivity index (χ0n) is 7.03. The molecular weight excluding hydrogens is 176 g/mol.